The first-order chi connectivity index (χ1) is 7.66. The molecular formula is C9H8BrN5O. The molecular weight excluding hydrogens is 274 g/mol. The Labute approximate surface area is 99.0 Å². The van der Waals surface area contributed by atoms with Crippen molar-refractivity contribution in [2.24, 2.45) is 0 Å². The average Bonchev–Trinajstić information content (AvgIpc) is 2.53. The van der Waals surface area contributed by atoms with E-state index in [2.05, 4.69) is 31.0 Å². The van der Waals surface area contributed by atoms with Crippen molar-refractivity contribution in [1.29, 1.82) is 0 Å². The fourth-order valence-electron chi connectivity index (χ4n) is 1.87. The van der Waals surface area contributed by atoms with Crippen LogP contribution in [0.15, 0.2) is 10.9 Å². The second kappa shape index (κ2) is 3.24. The van der Waals surface area contributed by atoms with Gasteiger partial charge in [-0.2, -0.15) is 5.10 Å². The highest BCUT2D eigenvalue weighted by molar-refractivity contribution is 9.10. The molecule has 1 fully saturated rings. The Morgan fingerprint density at radius 3 is 2.94 bits per heavy atom. The van der Waals surface area contributed by atoms with Crippen LogP contribution in [-0.2, 0) is 4.79 Å². The van der Waals surface area contributed by atoms with E-state index in [1.165, 1.54) is 6.33 Å². The zero-order chi connectivity index (χ0) is 11.3. The van der Waals surface area contributed by atoms with Gasteiger partial charge in [0, 0.05) is 18.8 Å². The molecule has 1 aliphatic carbocycles. The molecule has 82 valence electrons. The van der Waals surface area contributed by atoms with Crippen LogP contribution in [0.2, 0.25) is 0 Å². The Bertz CT molecular complexity index is 585. The third-order valence-corrected chi connectivity index (χ3v) is 3.31. The minimum absolute atomic E-state index is 0.153. The minimum Gasteiger partial charge on any atom is -0.382 e. The van der Waals surface area contributed by atoms with Crippen LogP contribution in [0.1, 0.15) is 24.6 Å². The third kappa shape index (κ3) is 1.24. The Hall–Kier alpha value is -1.50. The maximum atomic E-state index is 11.0. The van der Waals surface area contributed by atoms with Crippen LogP contribution in [0.4, 0.5) is 5.82 Å². The predicted molar refractivity (Wildman–Crippen MR) is 59.9 cm³/mol. The summed E-state index contributed by atoms with van der Waals surface area (Å²) in [6, 6.07) is 0. The van der Waals surface area contributed by atoms with Gasteiger partial charge in [-0.25, -0.2) is 14.5 Å². The molecule has 6 nitrogen and oxygen atoms in total. The van der Waals surface area contributed by atoms with Gasteiger partial charge >= 0.3 is 0 Å². The number of carbonyl (C=O) groups excluding carboxylic acids is 1. The van der Waals surface area contributed by atoms with Gasteiger partial charge in [0.25, 0.3) is 0 Å². The van der Waals surface area contributed by atoms with Crippen molar-refractivity contribution >= 4 is 33.0 Å². The molecule has 3 rings (SSSR count). The molecule has 0 spiro atoms. The molecule has 0 aliphatic heterocycles. The Kier molecular flexibility index (Phi) is 1.97. The number of ketones is 1. The van der Waals surface area contributed by atoms with Crippen molar-refractivity contribution in [2.75, 3.05) is 5.73 Å². The molecule has 0 atom stereocenters. The van der Waals surface area contributed by atoms with E-state index in [1.54, 1.807) is 4.52 Å². The van der Waals surface area contributed by atoms with Gasteiger partial charge in [0.2, 0.25) is 0 Å². The molecule has 0 radical (unpaired) electrons. The number of nitrogens with two attached hydrogens (primary N) is 1. The van der Waals surface area contributed by atoms with E-state index >= 15 is 0 Å². The molecule has 16 heavy (non-hydrogen) atoms. The number of carbonyl (C=O) groups is 1. The van der Waals surface area contributed by atoms with Crippen molar-refractivity contribution in [1.82, 2.24) is 19.6 Å². The van der Waals surface area contributed by atoms with E-state index < -0.39 is 0 Å². The minimum atomic E-state index is 0.153. The van der Waals surface area contributed by atoms with Gasteiger partial charge in [0.1, 0.15) is 28.1 Å². The molecule has 0 saturated heterocycles. The summed E-state index contributed by atoms with van der Waals surface area (Å²) in [4.78, 5) is 19.2. The van der Waals surface area contributed by atoms with E-state index in [4.69, 9.17) is 5.73 Å². The van der Waals surface area contributed by atoms with E-state index in [0.29, 0.717) is 28.8 Å². The monoisotopic (exact) mass is 281 g/mol. The summed E-state index contributed by atoms with van der Waals surface area (Å²) in [6.45, 7) is 0. The largest absolute Gasteiger partial charge is 0.382 e. The lowest BCUT2D eigenvalue weighted by atomic mass is 9.83. The summed E-state index contributed by atoms with van der Waals surface area (Å²) in [5.74, 6) is 1.57. The molecule has 2 aromatic heterocycles. The molecule has 2 heterocycles. The lowest BCUT2D eigenvalue weighted by Crippen LogP contribution is -2.23. The van der Waals surface area contributed by atoms with Crippen molar-refractivity contribution in [3.8, 4) is 0 Å². The Balaban J connectivity index is 2.19. The lowest BCUT2D eigenvalue weighted by Gasteiger charge is -2.21. The molecule has 2 aromatic rings. The fraction of sp³-hybridized carbons (Fsp3) is 0.333. The summed E-state index contributed by atoms with van der Waals surface area (Å²) in [5, 5.41) is 4.11. The van der Waals surface area contributed by atoms with E-state index in [1.807, 2.05) is 0 Å². The van der Waals surface area contributed by atoms with Crippen LogP contribution >= 0.6 is 15.9 Å². The number of fused-ring (bicyclic) bond motifs is 1. The number of hydrogen-bond acceptors (Lipinski definition) is 5. The second-order valence-electron chi connectivity index (χ2n) is 3.81. The Morgan fingerprint density at radius 1 is 1.50 bits per heavy atom. The quantitative estimate of drug-likeness (QED) is 0.840. The van der Waals surface area contributed by atoms with Gasteiger partial charge < -0.3 is 5.73 Å². The van der Waals surface area contributed by atoms with Crippen LogP contribution in [-0.4, -0.2) is 25.4 Å². The topological polar surface area (TPSA) is 86.2 Å². The molecule has 0 amide bonds. The predicted octanol–water partition coefficient (Wildman–Crippen LogP) is 0.915. The number of aromatic nitrogens is 4. The zero-order valence-electron chi connectivity index (χ0n) is 8.22. The van der Waals surface area contributed by atoms with Gasteiger partial charge in [0.05, 0.1) is 0 Å². The summed E-state index contributed by atoms with van der Waals surface area (Å²) in [7, 11) is 0. The highest BCUT2D eigenvalue weighted by Gasteiger charge is 2.32. The molecule has 7 heteroatoms. The number of anilines is 1. The number of hydrogen-bond donors (Lipinski definition) is 1. The van der Waals surface area contributed by atoms with Crippen LogP contribution < -0.4 is 5.73 Å². The molecule has 0 unspecified atom stereocenters. The van der Waals surface area contributed by atoms with Crippen LogP contribution in [0, 0.1) is 0 Å². The maximum absolute atomic E-state index is 11.0. The summed E-state index contributed by atoms with van der Waals surface area (Å²) < 4.78 is 2.28. The lowest BCUT2D eigenvalue weighted by molar-refractivity contribution is -0.124. The first-order valence-electron chi connectivity index (χ1n) is 4.83. The van der Waals surface area contributed by atoms with E-state index in [0.717, 1.165) is 5.82 Å². The highest BCUT2D eigenvalue weighted by Crippen LogP contribution is 2.35. The van der Waals surface area contributed by atoms with Gasteiger partial charge in [-0.15, -0.1) is 0 Å². The molecule has 0 bridgehead atoms. The number of rotatable bonds is 1. The van der Waals surface area contributed by atoms with Gasteiger partial charge in [-0.05, 0) is 15.9 Å². The zero-order valence-corrected chi connectivity index (χ0v) is 9.81. The van der Waals surface area contributed by atoms with Crippen molar-refractivity contribution in [2.45, 2.75) is 18.8 Å². The van der Waals surface area contributed by atoms with Crippen LogP contribution in [0.25, 0.3) is 5.52 Å². The molecule has 0 aromatic carbocycles. The van der Waals surface area contributed by atoms with Crippen molar-refractivity contribution in [3.63, 3.8) is 0 Å². The van der Waals surface area contributed by atoms with Crippen molar-refractivity contribution in [3.05, 3.63) is 16.8 Å². The number of halogens is 1. The van der Waals surface area contributed by atoms with Crippen molar-refractivity contribution < 1.29 is 4.79 Å². The second-order valence-corrected chi connectivity index (χ2v) is 4.56. The normalized spacial score (nSPS) is 16.7. The van der Waals surface area contributed by atoms with E-state index in [-0.39, 0.29) is 11.7 Å². The van der Waals surface area contributed by atoms with Gasteiger partial charge in [-0.1, -0.05) is 0 Å². The summed E-state index contributed by atoms with van der Waals surface area (Å²) in [6.07, 6.45) is 2.46. The maximum Gasteiger partial charge on any atom is 0.154 e. The average molecular weight is 282 g/mol. The SMILES string of the molecule is Nc1ncnn2c(C3CC(=O)C3)nc(Br)c12. The molecule has 1 aliphatic rings. The fourth-order valence-corrected chi connectivity index (χ4v) is 2.42. The van der Waals surface area contributed by atoms with Crippen LogP contribution in [0.3, 0.4) is 0 Å². The van der Waals surface area contributed by atoms with Crippen LogP contribution in [0.5, 0.6) is 0 Å². The van der Waals surface area contributed by atoms with Gasteiger partial charge in [0.15, 0.2) is 5.82 Å². The number of Topliss-reactive ketones (excluding diaryl/α,β-unsaturated/α-hetero) is 1. The standard InChI is InChI=1S/C9H8BrN5O/c10-7-6-8(11)12-3-13-15(6)9(14-7)4-1-5(16)2-4/h3-4H,1-2H2,(H2,11,12,13). The molecule has 1 saturated carbocycles. The molecule has 2 N–H and O–H groups in total. The number of nitrogens with zero attached hydrogens (tertiary/aromatic N) is 4. The Morgan fingerprint density at radius 2 is 2.25 bits per heavy atom. The van der Waals surface area contributed by atoms with Gasteiger partial charge in [-0.3, -0.25) is 4.79 Å². The van der Waals surface area contributed by atoms with E-state index in [9.17, 15) is 4.79 Å². The number of imidazole rings is 1. The summed E-state index contributed by atoms with van der Waals surface area (Å²) >= 11 is 3.33. The summed E-state index contributed by atoms with van der Waals surface area (Å²) in [5.41, 5.74) is 6.41. The smallest absolute Gasteiger partial charge is 0.154 e. The number of nitrogen functional groups attached to an aromatic ring is 1. The first kappa shape index (κ1) is 9.71. The first-order valence-corrected chi connectivity index (χ1v) is 5.62. The highest BCUT2D eigenvalue weighted by atomic mass is 79.9. The third-order valence-electron chi connectivity index (χ3n) is 2.76.